The van der Waals surface area contributed by atoms with E-state index in [0.29, 0.717) is 5.92 Å². The average molecular weight is 304 g/mol. The van der Waals surface area contributed by atoms with Crippen molar-refractivity contribution in [2.24, 2.45) is 0 Å². The van der Waals surface area contributed by atoms with Crippen LogP contribution in [-0.2, 0) is 4.74 Å². The molecular weight excluding hydrogens is 280 g/mol. The number of ether oxygens (including phenoxy) is 1. The summed E-state index contributed by atoms with van der Waals surface area (Å²) in [6, 6.07) is 21.0. The molecular formula is C22H24O. The fourth-order valence-corrected chi connectivity index (χ4v) is 3.31. The van der Waals surface area contributed by atoms with Gasteiger partial charge >= 0.3 is 0 Å². The lowest BCUT2D eigenvalue weighted by Gasteiger charge is -2.32. The van der Waals surface area contributed by atoms with Crippen LogP contribution in [0.2, 0.25) is 0 Å². The van der Waals surface area contributed by atoms with Crippen LogP contribution in [0.1, 0.15) is 42.7 Å². The van der Waals surface area contributed by atoms with E-state index in [9.17, 15) is 0 Å². The quantitative estimate of drug-likeness (QED) is 0.489. The molecule has 3 rings (SSSR count). The zero-order valence-corrected chi connectivity index (χ0v) is 13.5. The lowest BCUT2D eigenvalue weighted by atomic mass is 9.81. The van der Waals surface area contributed by atoms with E-state index in [2.05, 4.69) is 55.1 Å². The highest BCUT2D eigenvalue weighted by Gasteiger charge is 2.27. The van der Waals surface area contributed by atoms with Gasteiger partial charge in [0.15, 0.2) is 0 Å². The molecule has 0 N–H and O–H groups in total. The summed E-state index contributed by atoms with van der Waals surface area (Å²) in [5, 5.41) is 0. The molecule has 0 spiro atoms. The van der Waals surface area contributed by atoms with Gasteiger partial charge in [-0.2, -0.15) is 0 Å². The normalized spacial score (nSPS) is 21.2. The van der Waals surface area contributed by atoms with Gasteiger partial charge in [-0.3, -0.25) is 0 Å². The van der Waals surface area contributed by atoms with Crippen LogP contribution in [0.5, 0.6) is 0 Å². The Balaban J connectivity index is 1.65. The van der Waals surface area contributed by atoms with Crippen molar-refractivity contribution in [2.75, 3.05) is 0 Å². The summed E-state index contributed by atoms with van der Waals surface area (Å²) in [6.45, 7) is 4.08. The van der Waals surface area contributed by atoms with Gasteiger partial charge in [0.05, 0.1) is 0 Å². The fraction of sp³-hybridized carbons (Fsp3) is 0.273. The second-order valence-electron chi connectivity index (χ2n) is 6.17. The van der Waals surface area contributed by atoms with Crippen molar-refractivity contribution in [1.29, 1.82) is 0 Å². The van der Waals surface area contributed by atoms with Crippen molar-refractivity contribution < 1.29 is 4.74 Å². The van der Waals surface area contributed by atoms with Crippen molar-refractivity contribution in [3.8, 4) is 0 Å². The van der Waals surface area contributed by atoms with Gasteiger partial charge in [0, 0.05) is 5.92 Å². The standard InChI is InChI=1S/C22H24O/c1-18(16-17-19-10-4-2-5-11-19)23-22-15-9-8-14-21(22)20-12-6-3-7-13-20/h2-7,10-13,16-17,21-22H,1,8-9,14-15H2/b17-16+/t21-,22+/m0/s1. The topological polar surface area (TPSA) is 9.23 Å². The van der Waals surface area contributed by atoms with E-state index in [-0.39, 0.29) is 6.10 Å². The molecule has 0 aromatic heterocycles. The summed E-state index contributed by atoms with van der Waals surface area (Å²) < 4.78 is 6.20. The fourth-order valence-electron chi connectivity index (χ4n) is 3.31. The van der Waals surface area contributed by atoms with Crippen LogP contribution in [0.4, 0.5) is 0 Å². The van der Waals surface area contributed by atoms with Crippen molar-refractivity contribution in [1.82, 2.24) is 0 Å². The van der Waals surface area contributed by atoms with Crippen LogP contribution in [0.15, 0.2) is 79.1 Å². The molecule has 0 aliphatic heterocycles. The molecule has 1 aliphatic rings. The highest BCUT2D eigenvalue weighted by atomic mass is 16.5. The minimum absolute atomic E-state index is 0.235. The molecule has 0 radical (unpaired) electrons. The zero-order valence-electron chi connectivity index (χ0n) is 13.5. The Morgan fingerprint density at radius 1 is 0.913 bits per heavy atom. The number of allylic oxidation sites excluding steroid dienone is 1. The minimum Gasteiger partial charge on any atom is -0.490 e. The van der Waals surface area contributed by atoms with Crippen LogP contribution in [0, 0.1) is 0 Å². The van der Waals surface area contributed by atoms with Crippen LogP contribution in [-0.4, -0.2) is 6.10 Å². The Labute approximate surface area is 139 Å². The first kappa shape index (κ1) is 15.6. The van der Waals surface area contributed by atoms with Crippen molar-refractivity contribution in [2.45, 2.75) is 37.7 Å². The molecule has 1 fully saturated rings. The lowest BCUT2D eigenvalue weighted by molar-refractivity contribution is 0.0711. The van der Waals surface area contributed by atoms with E-state index >= 15 is 0 Å². The molecule has 1 nitrogen and oxygen atoms in total. The maximum absolute atomic E-state index is 6.20. The molecule has 0 heterocycles. The van der Waals surface area contributed by atoms with Gasteiger partial charge in [0.1, 0.15) is 11.9 Å². The third-order valence-electron chi connectivity index (χ3n) is 4.49. The maximum atomic E-state index is 6.20. The summed E-state index contributed by atoms with van der Waals surface area (Å²) in [7, 11) is 0. The molecule has 1 aliphatic carbocycles. The number of rotatable bonds is 5. The summed E-state index contributed by atoms with van der Waals surface area (Å²) in [4.78, 5) is 0. The summed E-state index contributed by atoms with van der Waals surface area (Å²) in [5.41, 5.74) is 2.55. The zero-order chi connectivity index (χ0) is 15.9. The molecule has 118 valence electrons. The van der Waals surface area contributed by atoms with Gasteiger partial charge in [-0.1, -0.05) is 79.7 Å². The van der Waals surface area contributed by atoms with Crippen molar-refractivity contribution in [3.63, 3.8) is 0 Å². The summed E-state index contributed by atoms with van der Waals surface area (Å²) in [6.07, 6.45) is 9.10. The highest BCUT2D eigenvalue weighted by molar-refractivity contribution is 5.51. The first-order chi connectivity index (χ1) is 11.3. The molecule has 0 amide bonds. The van der Waals surface area contributed by atoms with E-state index in [4.69, 9.17) is 4.74 Å². The van der Waals surface area contributed by atoms with E-state index in [1.807, 2.05) is 24.3 Å². The minimum atomic E-state index is 0.235. The second kappa shape index (κ2) is 7.82. The molecule has 0 bridgehead atoms. The van der Waals surface area contributed by atoms with Crippen LogP contribution >= 0.6 is 0 Å². The Morgan fingerprint density at radius 3 is 2.30 bits per heavy atom. The van der Waals surface area contributed by atoms with Gasteiger partial charge in [-0.25, -0.2) is 0 Å². The molecule has 2 aromatic carbocycles. The van der Waals surface area contributed by atoms with Gasteiger partial charge < -0.3 is 4.74 Å². The van der Waals surface area contributed by atoms with Gasteiger partial charge in [0.25, 0.3) is 0 Å². The maximum Gasteiger partial charge on any atom is 0.112 e. The van der Waals surface area contributed by atoms with Crippen molar-refractivity contribution >= 4 is 6.08 Å². The first-order valence-corrected chi connectivity index (χ1v) is 8.46. The van der Waals surface area contributed by atoms with Crippen LogP contribution in [0.3, 0.4) is 0 Å². The second-order valence-corrected chi connectivity index (χ2v) is 6.17. The van der Waals surface area contributed by atoms with Gasteiger partial charge in [0.2, 0.25) is 0 Å². The van der Waals surface area contributed by atoms with Crippen LogP contribution < -0.4 is 0 Å². The van der Waals surface area contributed by atoms with E-state index < -0.39 is 0 Å². The molecule has 0 unspecified atom stereocenters. The first-order valence-electron chi connectivity index (χ1n) is 8.46. The Hall–Kier alpha value is -2.28. The van der Waals surface area contributed by atoms with E-state index in [1.165, 1.54) is 30.4 Å². The molecule has 23 heavy (non-hydrogen) atoms. The van der Waals surface area contributed by atoms with Gasteiger partial charge in [-0.15, -0.1) is 0 Å². The third-order valence-corrected chi connectivity index (χ3v) is 4.49. The Bertz CT molecular complexity index is 642. The number of hydrogen-bond acceptors (Lipinski definition) is 1. The predicted octanol–water partition coefficient (Wildman–Crippen LogP) is 5.96. The molecule has 2 aromatic rings. The average Bonchev–Trinajstić information content (AvgIpc) is 2.62. The third kappa shape index (κ3) is 4.35. The molecule has 2 atom stereocenters. The highest BCUT2D eigenvalue weighted by Crippen LogP contribution is 2.35. The Morgan fingerprint density at radius 2 is 1.57 bits per heavy atom. The van der Waals surface area contributed by atoms with E-state index in [1.54, 1.807) is 0 Å². The Kier molecular flexibility index (Phi) is 5.31. The number of benzene rings is 2. The summed E-state index contributed by atoms with van der Waals surface area (Å²) in [5.74, 6) is 1.23. The largest absolute Gasteiger partial charge is 0.490 e. The molecule has 0 saturated heterocycles. The monoisotopic (exact) mass is 304 g/mol. The van der Waals surface area contributed by atoms with E-state index in [0.717, 1.165) is 12.2 Å². The predicted molar refractivity (Wildman–Crippen MR) is 97.1 cm³/mol. The lowest BCUT2D eigenvalue weighted by Crippen LogP contribution is -2.25. The SMILES string of the molecule is C=C(/C=C/c1ccccc1)O[C@@H]1CCCC[C@H]1c1ccccc1. The number of hydrogen-bond donors (Lipinski definition) is 0. The molecule has 1 saturated carbocycles. The van der Waals surface area contributed by atoms with Crippen LogP contribution in [0.25, 0.3) is 6.08 Å². The molecule has 1 heteroatoms. The summed E-state index contributed by atoms with van der Waals surface area (Å²) >= 11 is 0. The van der Waals surface area contributed by atoms with Crippen molar-refractivity contribution in [3.05, 3.63) is 90.2 Å². The smallest absolute Gasteiger partial charge is 0.112 e. The van der Waals surface area contributed by atoms with Gasteiger partial charge in [-0.05, 0) is 36.5 Å².